The van der Waals surface area contributed by atoms with Crippen LogP contribution >= 0.6 is 0 Å². The molecule has 0 aromatic rings. The van der Waals surface area contributed by atoms with Gasteiger partial charge < -0.3 is 20.3 Å². The average molecular weight is 1110 g/mol. The fourth-order valence-electron chi connectivity index (χ4n) is 11.2. The number of amides is 1. The van der Waals surface area contributed by atoms with Crippen LogP contribution in [0.25, 0.3) is 0 Å². The van der Waals surface area contributed by atoms with Gasteiger partial charge in [-0.25, -0.2) is 0 Å². The van der Waals surface area contributed by atoms with Crippen molar-refractivity contribution in [2.75, 3.05) is 13.2 Å². The Labute approximate surface area is 494 Å². The molecule has 1 amide bonds. The lowest BCUT2D eigenvalue weighted by Crippen LogP contribution is -2.45. The first-order chi connectivity index (χ1) is 39.0. The molecule has 0 aromatic heterocycles. The standard InChI is InChI=1S/C73H139NO5/c1-3-5-7-9-11-13-15-17-19-21-30-33-37-41-45-49-53-57-61-65-71(76)70(69-75)74-72(77)66-62-58-54-50-46-42-38-34-31-28-26-24-23-25-27-29-32-36-40-44-48-52-56-60-64-68-79-73(78)67-63-59-55-51-47-43-39-35-22-20-18-16-14-12-10-8-6-4-2/h20,22,24-27,70-71,75-76H,3-19,21,23,28-69H2,1-2H3,(H,74,77)/b22-20-,26-24-,27-25-. The van der Waals surface area contributed by atoms with E-state index in [4.69, 9.17) is 4.74 Å². The third-order valence-electron chi connectivity index (χ3n) is 16.7. The van der Waals surface area contributed by atoms with Gasteiger partial charge in [-0.05, 0) is 83.5 Å². The number of hydrogen-bond donors (Lipinski definition) is 3. The second-order valence-corrected chi connectivity index (χ2v) is 24.6. The first-order valence-corrected chi connectivity index (χ1v) is 35.7. The van der Waals surface area contributed by atoms with Crippen LogP contribution in [0.15, 0.2) is 36.5 Å². The molecule has 0 spiro atoms. The Hall–Kier alpha value is -1.92. The lowest BCUT2D eigenvalue weighted by molar-refractivity contribution is -0.143. The third-order valence-corrected chi connectivity index (χ3v) is 16.7. The van der Waals surface area contributed by atoms with E-state index in [1.165, 1.54) is 308 Å². The molecule has 0 bridgehead atoms. The van der Waals surface area contributed by atoms with Crippen LogP contribution in [-0.4, -0.2) is 47.4 Å². The van der Waals surface area contributed by atoms with Gasteiger partial charge >= 0.3 is 5.97 Å². The highest BCUT2D eigenvalue weighted by atomic mass is 16.5. The van der Waals surface area contributed by atoms with Gasteiger partial charge in [-0.15, -0.1) is 0 Å². The van der Waals surface area contributed by atoms with Crippen molar-refractivity contribution in [3.05, 3.63) is 36.5 Å². The van der Waals surface area contributed by atoms with Gasteiger partial charge in [-0.2, -0.15) is 0 Å². The largest absolute Gasteiger partial charge is 0.466 e. The molecule has 0 aliphatic rings. The van der Waals surface area contributed by atoms with Crippen molar-refractivity contribution in [1.82, 2.24) is 5.32 Å². The first kappa shape index (κ1) is 77.1. The van der Waals surface area contributed by atoms with Crippen molar-refractivity contribution < 1.29 is 24.5 Å². The monoisotopic (exact) mass is 1110 g/mol. The van der Waals surface area contributed by atoms with E-state index in [1.807, 2.05) is 0 Å². The van der Waals surface area contributed by atoms with Gasteiger partial charge in [0.25, 0.3) is 0 Å². The highest BCUT2D eigenvalue weighted by Gasteiger charge is 2.20. The number of rotatable bonds is 67. The number of unbranched alkanes of at least 4 members (excludes halogenated alkanes) is 50. The van der Waals surface area contributed by atoms with Gasteiger partial charge in [0.2, 0.25) is 5.91 Å². The number of aliphatic hydroxyl groups is 2. The summed E-state index contributed by atoms with van der Waals surface area (Å²) in [5.74, 6) is -0.0310. The van der Waals surface area contributed by atoms with E-state index >= 15 is 0 Å². The quantitative estimate of drug-likeness (QED) is 0.0320. The molecule has 0 aliphatic heterocycles. The Bertz CT molecular complexity index is 1280. The number of carbonyl (C=O) groups is 2. The van der Waals surface area contributed by atoms with Crippen molar-refractivity contribution in [3.63, 3.8) is 0 Å². The third kappa shape index (κ3) is 65.1. The van der Waals surface area contributed by atoms with Crippen molar-refractivity contribution in [2.45, 2.75) is 405 Å². The molecule has 2 unspecified atom stereocenters. The molecule has 0 aromatic carbocycles. The highest BCUT2D eigenvalue weighted by Crippen LogP contribution is 2.18. The van der Waals surface area contributed by atoms with Crippen molar-refractivity contribution >= 4 is 11.9 Å². The topological polar surface area (TPSA) is 95.9 Å². The second kappa shape index (κ2) is 68.6. The summed E-state index contributed by atoms with van der Waals surface area (Å²) in [7, 11) is 0. The zero-order valence-corrected chi connectivity index (χ0v) is 53.4. The second-order valence-electron chi connectivity index (χ2n) is 24.6. The molecule has 0 heterocycles. The van der Waals surface area contributed by atoms with Gasteiger partial charge in [-0.1, -0.05) is 333 Å². The summed E-state index contributed by atoms with van der Waals surface area (Å²) >= 11 is 0. The van der Waals surface area contributed by atoms with Gasteiger partial charge in [0.05, 0.1) is 25.4 Å². The molecular formula is C73H139NO5. The predicted molar refractivity (Wildman–Crippen MR) is 347 cm³/mol. The van der Waals surface area contributed by atoms with Gasteiger partial charge in [0.15, 0.2) is 0 Å². The van der Waals surface area contributed by atoms with Crippen LogP contribution in [-0.2, 0) is 14.3 Å². The molecule has 0 fully saturated rings. The van der Waals surface area contributed by atoms with Crippen LogP contribution in [0.4, 0.5) is 0 Å². The smallest absolute Gasteiger partial charge is 0.305 e. The number of carbonyl (C=O) groups excluding carboxylic acids is 2. The zero-order chi connectivity index (χ0) is 57.1. The number of ether oxygens (including phenoxy) is 1. The van der Waals surface area contributed by atoms with E-state index in [-0.39, 0.29) is 18.5 Å². The Balaban J connectivity index is 3.42. The normalized spacial score (nSPS) is 12.7. The number of nitrogens with one attached hydrogen (secondary N) is 1. The fourth-order valence-corrected chi connectivity index (χ4v) is 11.2. The number of allylic oxidation sites excluding steroid dienone is 6. The minimum absolute atomic E-state index is 0.00674. The summed E-state index contributed by atoms with van der Waals surface area (Å²) in [4.78, 5) is 24.6. The molecule has 6 heteroatoms. The summed E-state index contributed by atoms with van der Waals surface area (Å²) in [6.45, 7) is 4.98. The van der Waals surface area contributed by atoms with E-state index in [9.17, 15) is 19.8 Å². The minimum atomic E-state index is -0.670. The maximum Gasteiger partial charge on any atom is 0.305 e. The number of hydrogen-bond acceptors (Lipinski definition) is 5. The van der Waals surface area contributed by atoms with Crippen LogP contribution in [0.1, 0.15) is 393 Å². The van der Waals surface area contributed by atoms with Crippen LogP contribution < -0.4 is 5.32 Å². The molecule has 3 N–H and O–H groups in total. The minimum Gasteiger partial charge on any atom is -0.466 e. The molecule has 0 saturated heterocycles. The summed E-state index contributed by atoms with van der Waals surface area (Å²) in [6.07, 6.45) is 87.6. The molecule has 0 radical (unpaired) electrons. The van der Waals surface area contributed by atoms with E-state index in [2.05, 4.69) is 55.6 Å². The molecule has 0 saturated carbocycles. The summed E-state index contributed by atoms with van der Waals surface area (Å²) in [5, 5.41) is 23.4. The Kier molecular flexibility index (Phi) is 66.9. The molecule has 0 rings (SSSR count). The van der Waals surface area contributed by atoms with Crippen molar-refractivity contribution in [2.24, 2.45) is 0 Å². The Morgan fingerprint density at radius 1 is 0.354 bits per heavy atom. The first-order valence-electron chi connectivity index (χ1n) is 35.7. The molecule has 2 atom stereocenters. The maximum atomic E-state index is 12.5. The van der Waals surface area contributed by atoms with E-state index in [1.54, 1.807) is 0 Å². The fraction of sp³-hybridized carbons (Fsp3) is 0.890. The summed E-state index contributed by atoms with van der Waals surface area (Å²) in [6, 6.07) is -0.547. The van der Waals surface area contributed by atoms with Gasteiger partial charge in [0, 0.05) is 12.8 Å². The number of esters is 1. The predicted octanol–water partition coefficient (Wildman–Crippen LogP) is 23.1. The van der Waals surface area contributed by atoms with Crippen LogP contribution in [0.3, 0.4) is 0 Å². The molecular weight excluding hydrogens is 971 g/mol. The summed E-state index contributed by atoms with van der Waals surface area (Å²) in [5.41, 5.74) is 0. The molecule has 6 nitrogen and oxygen atoms in total. The Morgan fingerprint density at radius 2 is 0.633 bits per heavy atom. The SMILES string of the molecule is CCCCCCCCC/C=C\CCCCCCCCCC(=O)OCCCCCCCCCCC/C=C\C/C=C\CCCCCCCCCCCC(=O)NC(CO)C(O)CCCCCCCCCCCCCCCCCCCCC. The van der Waals surface area contributed by atoms with Gasteiger partial charge in [-0.3, -0.25) is 9.59 Å². The average Bonchev–Trinajstić information content (AvgIpc) is 3.45. The van der Waals surface area contributed by atoms with Gasteiger partial charge in [0.1, 0.15) is 0 Å². The Morgan fingerprint density at radius 3 is 0.975 bits per heavy atom. The van der Waals surface area contributed by atoms with E-state index in [0.717, 1.165) is 51.4 Å². The van der Waals surface area contributed by atoms with E-state index < -0.39 is 12.1 Å². The van der Waals surface area contributed by atoms with Crippen molar-refractivity contribution in [1.29, 1.82) is 0 Å². The van der Waals surface area contributed by atoms with E-state index in [0.29, 0.717) is 25.9 Å². The lowest BCUT2D eigenvalue weighted by Gasteiger charge is -2.22. The summed E-state index contributed by atoms with van der Waals surface area (Å²) < 4.78 is 5.50. The maximum absolute atomic E-state index is 12.5. The van der Waals surface area contributed by atoms with Crippen molar-refractivity contribution in [3.8, 4) is 0 Å². The lowest BCUT2D eigenvalue weighted by atomic mass is 10.0. The van der Waals surface area contributed by atoms with Crippen LogP contribution in [0.2, 0.25) is 0 Å². The van der Waals surface area contributed by atoms with Crippen LogP contribution in [0.5, 0.6) is 0 Å². The number of aliphatic hydroxyl groups excluding tert-OH is 2. The van der Waals surface area contributed by atoms with Crippen LogP contribution in [0, 0.1) is 0 Å². The highest BCUT2D eigenvalue weighted by molar-refractivity contribution is 5.76. The zero-order valence-electron chi connectivity index (χ0n) is 53.4. The molecule has 79 heavy (non-hydrogen) atoms. The molecule has 466 valence electrons. The molecule has 0 aliphatic carbocycles.